The number of para-hydroxylation sites is 4. The summed E-state index contributed by atoms with van der Waals surface area (Å²) < 4.78 is 13.9. The Labute approximate surface area is 314 Å². The van der Waals surface area contributed by atoms with Gasteiger partial charge in [0.1, 0.15) is 5.58 Å². The van der Waals surface area contributed by atoms with Gasteiger partial charge in [-0.1, -0.05) is 103 Å². The Kier molecular flexibility index (Phi) is 6.21. The molecule has 4 aromatic heterocycles. The molecular weight excluding hydrogens is 677 g/mol. The van der Waals surface area contributed by atoms with Crippen LogP contribution in [0.25, 0.3) is 109 Å². The molecule has 0 aliphatic rings. The summed E-state index contributed by atoms with van der Waals surface area (Å²) in [7, 11) is 0. The lowest BCUT2D eigenvalue weighted by atomic mass is 9.99. The highest BCUT2D eigenvalue weighted by Gasteiger charge is 2.20. The summed E-state index contributed by atoms with van der Waals surface area (Å²) in [6.07, 6.45) is 0. The fourth-order valence-electron chi connectivity index (χ4n) is 8.64. The van der Waals surface area contributed by atoms with Gasteiger partial charge in [0.2, 0.25) is 5.71 Å². The maximum absolute atomic E-state index is 6.73. The molecule has 0 aliphatic heterocycles. The van der Waals surface area contributed by atoms with Crippen LogP contribution in [0.2, 0.25) is 0 Å². The van der Waals surface area contributed by atoms with Crippen LogP contribution in [0.5, 0.6) is 0 Å². The molecule has 0 fully saturated rings. The number of hydrogen-bond donors (Lipinski definition) is 0. The van der Waals surface area contributed by atoms with Gasteiger partial charge in [0.15, 0.2) is 0 Å². The van der Waals surface area contributed by atoms with Gasteiger partial charge in [0, 0.05) is 53.1 Å². The molecule has 0 unspecified atom stereocenters. The molecule has 12 aromatic rings. The van der Waals surface area contributed by atoms with Crippen molar-refractivity contribution in [2.45, 2.75) is 0 Å². The van der Waals surface area contributed by atoms with E-state index in [1.54, 1.807) is 0 Å². The van der Waals surface area contributed by atoms with Crippen LogP contribution in [0.15, 0.2) is 186 Å². The minimum atomic E-state index is 0.879. The number of benzene rings is 8. The second-order valence-corrected chi connectivity index (χ2v) is 15.2. The zero-order chi connectivity index (χ0) is 35.3. The van der Waals surface area contributed by atoms with Crippen molar-refractivity contribution in [3.63, 3.8) is 0 Å². The molecule has 0 spiro atoms. The summed E-state index contributed by atoms with van der Waals surface area (Å²) in [6.45, 7) is 0. The second kappa shape index (κ2) is 11.3. The van der Waals surface area contributed by atoms with Crippen molar-refractivity contribution >= 4 is 86.3 Å². The van der Waals surface area contributed by atoms with Gasteiger partial charge in [-0.15, -0.1) is 11.3 Å². The van der Waals surface area contributed by atoms with E-state index in [1.807, 2.05) is 11.3 Å². The molecule has 54 heavy (non-hydrogen) atoms. The fraction of sp³-hybridized carbons (Fsp3) is 0. The maximum atomic E-state index is 6.73. The van der Waals surface area contributed by atoms with Crippen LogP contribution in [-0.4, -0.2) is 9.13 Å². The lowest BCUT2D eigenvalue weighted by Gasteiger charge is -2.09. The van der Waals surface area contributed by atoms with E-state index in [9.17, 15) is 0 Å². The van der Waals surface area contributed by atoms with E-state index in [2.05, 4.69) is 191 Å². The maximum Gasteiger partial charge on any atom is 0.213 e. The normalized spacial score (nSPS) is 12.1. The smallest absolute Gasteiger partial charge is 0.213 e. The zero-order valence-electron chi connectivity index (χ0n) is 29.0. The van der Waals surface area contributed by atoms with Gasteiger partial charge in [-0.25, -0.2) is 0 Å². The summed E-state index contributed by atoms with van der Waals surface area (Å²) in [5.74, 6) is 0. The lowest BCUT2D eigenvalue weighted by molar-refractivity contribution is 0.645. The summed E-state index contributed by atoms with van der Waals surface area (Å²) in [5.41, 5.74) is 12.4. The summed E-state index contributed by atoms with van der Waals surface area (Å²) in [4.78, 5) is 0. The molecule has 3 nitrogen and oxygen atoms in total. The molecule has 0 N–H and O–H groups in total. The molecule has 252 valence electrons. The first-order valence-electron chi connectivity index (χ1n) is 18.3. The highest BCUT2D eigenvalue weighted by molar-refractivity contribution is 7.25. The van der Waals surface area contributed by atoms with Crippen LogP contribution in [0.3, 0.4) is 0 Å². The Hall–Kier alpha value is -6.88. The number of nitrogens with zero attached hydrogens (tertiary/aromatic N) is 2. The van der Waals surface area contributed by atoms with Crippen LogP contribution in [-0.2, 0) is 0 Å². The molecule has 4 heteroatoms. The van der Waals surface area contributed by atoms with E-state index >= 15 is 0 Å². The van der Waals surface area contributed by atoms with Gasteiger partial charge in [-0.05, 0) is 101 Å². The lowest BCUT2D eigenvalue weighted by Crippen LogP contribution is -1.93. The van der Waals surface area contributed by atoms with Crippen molar-refractivity contribution in [2.75, 3.05) is 0 Å². The Morgan fingerprint density at radius 1 is 0.352 bits per heavy atom. The number of thiophene rings is 1. The summed E-state index contributed by atoms with van der Waals surface area (Å²) in [6, 6.07) is 65.9. The fourth-order valence-corrected chi connectivity index (χ4v) is 9.71. The van der Waals surface area contributed by atoms with Gasteiger partial charge in [-0.2, -0.15) is 0 Å². The summed E-state index contributed by atoms with van der Waals surface area (Å²) >= 11 is 1.86. The molecular formula is C50H30N2OS. The highest BCUT2D eigenvalue weighted by Crippen LogP contribution is 2.42. The monoisotopic (exact) mass is 706 g/mol. The Morgan fingerprint density at radius 3 is 1.52 bits per heavy atom. The van der Waals surface area contributed by atoms with Crippen molar-refractivity contribution in [2.24, 2.45) is 0 Å². The van der Waals surface area contributed by atoms with E-state index in [0.29, 0.717) is 0 Å². The largest absolute Gasteiger partial charge is 0.439 e. The van der Waals surface area contributed by atoms with Crippen LogP contribution >= 0.6 is 11.3 Å². The number of aromatic nitrogens is 2. The molecule has 0 amide bonds. The first-order valence-corrected chi connectivity index (χ1v) is 19.2. The third-order valence-corrected chi connectivity index (χ3v) is 12.3. The minimum absolute atomic E-state index is 0.879. The van der Waals surface area contributed by atoms with E-state index < -0.39 is 0 Å². The predicted octanol–water partition coefficient (Wildman–Crippen LogP) is 14.3. The molecule has 8 aromatic carbocycles. The van der Waals surface area contributed by atoms with Crippen molar-refractivity contribution in [3.05, 3.63) is 182 Å². The van der Waals surface area contributed by atoms with Crippen molar-refractivity contribution in [3.8, 4) is 33.6 Å². The third-order valence-electron chi connectivity index (χ3n) is 11.1. The second-order valence-electron chi connectivity index (χ2n) is 14.1. The molecule has 0 atom stereocenters. The Morgan fingerprint density at radius 2 is 0.852 bits per heavy atom. The van der Waals surface area contributed by atoms with E-state index in [1.165, 1.54) is 69.7 Å². The van der Waals surface area contributed by atoms with Gasteiger partial charge in [-0.3, -0.25) is 4.57 Å². The average molecular weight is 707 g/mol. The van der Waals surface area contributed by atoms with Gasteiger partial charge >= 0.3 is 0 Å². The molecule has 0 bridgehead atoms. The van der Waals surface area contributed by atoms with E-state index in [0.717, 1.165) is 38.8 Å². The Bertz CT molecular complexity index is 3380. The topological polar surface area (TPSA) is 23.0 Å². The number of furan rings is 1. The SMILES string of the molecule is c1ccc(-n2c3ccccc3c3c4ccc(-c5ccc6sc7ccc(-c8ccc(-n9c%10ccccc%10c%10ccccc%109)cc8)cc7c6c5)cc4oc32)cc1. The standard InChI is InChI=1S/C50H30N2OS/c1-2-10-35(11-3-1)52-45-17-9-6-14-39(45)49-40-25-20-34(30-46(40)53-50(49)52)33-22-27-48-42(29-33)41-28-32(21-26-47(41)54-48)31-18-23-36(24-19-31)51-43-15-7-4-12-37(43)38-13-5-8-16-44(38)51/h1-30H. The molecule has 4 heterocycles. The molecule has 0 saturated heterocycles. The first-order chi connectivity index (χ1) is 26.8. The van der Waals surface area contributed by atoms with Crippen LogP contribution < -0.4 is 0 Å². The quantitative estimate of drug-likeness (QED) is 0.179. The van der Waals surface area contributed by atoms with Gasteiger partial charge in [0.05, 0.1) is 21.9 Å². The van der Waals surface area contributed by atoms with Gasteiger partial charge in [0.25, 0.3) is 0 Å². The number of rotatable bonds is 4. The highest BCUT2D eigenvalue weighted by atomic mass is 32.1. The van der Waals surface area contributed by atoms with Crippen molar-refractivity contribution in [1.82, 2.24) is 9.13 Å². The molecule has 0 radical (unpaired) electrons. The Balaban J connectivity index is 0.942. The van der Waals surface area contributed by atoms with Crippen LogP contribution in [0, 0.1) is 0 Å². The molecule has 12 rings (SSSR count). The minimum Gasteiger partial charge on any atom is -0.439 e. The van der Waals surface area contributed by atoms with E-state index in [-0.39, 0.29) is 0 Å². The summed E-state index contributed by atoms with van der Waals surface area (Å²) in [5, 5.41) is 8.61. The number of hydrogen-bond acceptors (Lipinski definition) is 2. The zero-order valence-corrected chi connectivity index (χ0v) is 29.8. The average Bonchev–Trinajstić information content (AvgIpc) is 3.97. The van der Waals surface area contributed by atoms with Gasteiger partial charge < -0.3 is 8.98 Å². The van der Waals surface area contributed by atoms with Crippen molar-refractivity contribution in [1.29, 1.82) is 0 Å². The molecule has 0 saturated carbocycles. The van der Waals surface area contributed by atoms with E-state index in [4.69, 9.17) is 4.42 Å². The number of fused-ring (bicyclic) bond motifs is 11. The van der Waals surface area contributed by atoms with Crippen LogP contribution in [0.4, 0.5) is 0 Å². The predicted molar refractivity (Wildman–Crippen MR) is 229 cm³/mol. The van der Waals surface area contributed by atoms with Crippen LogP contribution in [0.1, 0.15) is 0 Å². The third kappa shape index (κ3) is 4.29. The van der Waals surface area contributed by atoms with Crippen molar-refractivity contribution < 1.29 is 4.42 Å². The molecule has 0 aliphatic carbocycles. The first kappa shape index (κ1) is 29.7.